The highest BCUT2D eigenvalue weighted by atomic mass is 19.2. The second-order valence-corrected chi connectivity index (χ2v) is 6.73. The highest BCUT2D eigenvalue weighted by Gasteiger charge is 2.13. The summed E-state index contributed by atoms with van der Waals surface area (Å²) in [6.07, 6.45) is 2.21. The number of aromatic nitrogens is 2. The van der Waals surface area contributed by atoms with Crippen molar-refractivity contribution >= 4 is 11.6 Å². The summed E-state index contributed by atoms with van der Waals surface area (Å²) in [5.74, 6) is -3.45. The maximum atomic E-state index is 14.1. The first-order chi connectivity index (χ1) is 13.8. The van der Waals surface area contributed by atoms with E-state index in [9.17, 15) is 22.4 Å². The SMILES string of the molecule is CCCc1cc(Nc2nc(=O)c(F)cn2Cc2ccc(F)c(F)c2)c(C)cc1F. The Labute approximate surface area is 164 Å². The molecule has 0 saturated carbocycles. The van der Waals surface area contributed by atoms with Crippen molar-refractivity contribution in [2.45, 2.75) is 33.2 Å². The van der Waals surface area contributed by atoms with Gasteiger partial charge in [0.15, 0.2) is 11.6 Å². The number of hydrogen-bond acceptors (Lipinski definition) is 3. The van der Waals surface area contributed by atoms with Gasteiger partial charge in [-0.2, -0.15) is 9.37 Å². The van der Waals surface area contributed by atoms with Crippen LogP contribution < -0.4 is 10.9 Å². The van der Waals surface area contributed by atoms with E-state index in [1.54, 1.807) is 13.0 Å². The molecule has 0 spiro atoms. The molecule has 0 radical (unpaired) electrons. The molecule has 0 aliphatic carbocycles. The number of rotatable bonds is 6. The van der Waals surface area contributed by atoms with E-state index in [0.29, 0.717) is 28.8 Å². The number of anilines is 2. The van der Waals surface area contributed by atoms with Crippen molar-refractivity contribution in [2.24, 2.45) is 0 Å². The molecule has 0 saturated heterocycles. The molecule has 4 nitrogen and oxygen atoms in total. The average Bonchev–Trinajstić information content (AvgIpc) is 2.66. The van der Waals surface area contributed by atoms with Gasteiger partial charge in [-0.15, -0.1) is 0 Å². The van der Waals surface area contributed by atoms with E-state index in [1.807, 2.05) is 6.92 Å². The molecule has 1 aromatic heterocycles. The molecular formula is C21H19F4N3O. The van der Waals surface area contributed by atoms with E-state index in [1.165, 1.54) is 16.7 Å². The minimum absolute atomic E-state index is 0.00158. The van der Waals surface area contributed by atoms with Crippen molar-refractivity contribution in [3.05, 3.63) is 86.8 Å². The van der Waals surface area contributed by atoms with Crippen LogP contribution in [0, 0.1) is 30.2 Å². The molecule has 3 rings (SSSR count). The van der Waals surface area contributed by atoms with Gasteiger partial charge in [0.05, 0.1) is 6.54 Å². The Bertz CT molecular complexity index is 1110. The fourth-order valence-corrected chi connectivity index (χ4v) is 2.96. The molecule has 0 aliphatic rings. The van der Waals surface area contributed by atoms with Crippen molar-refractivity contribution in [2.75, 3.05) is 5.32 Å². The molecule has 0 unspecified atom stereocenters. The Morgan fingerprint density at radius 1 is 1.00 bits per heavy atom. The van der Waals surface area contributed by atoms with Gasteiger partial charge in [0, 0.05) is 11.9 Å². The first-order valence-electron chi connectivity index (χ1n) is 9.05. The fourth-order valence-electron chi connectivity index (χ4n) is 2.96. The minimum Gasteiger partial charge on any atom is -0.325 e. The van der Waals surface area contributed by atoms with Crippen molar-refractivity contribution < 1.29 is 17.6 Å². The number of halogens is 4. The van der Waals surface area contributed by atoms with Crippen LogP contribution >= 0.6 is 0 Å². The van der Waals surface area contributed by atoms with Gasteiger partial charge >= 0.3 is 5.56 Å². The van der Waals surface area contributed by atoms with Gasteiger partial charge < -0.3 is 9.88 Å². The molecule has 0 amide bonds. The Morgan fingerprint density at radius 3 is 2.45 bits per heavy atom. The predicted octanol–water partition coefficient (Wildman–Crippen LogP) is 4.85. The van der Waals surface area contributed by atoms with Crippen LogP contribution in [0.25, 0.3) is 0 Å². The molecule has 8 heteroatoms. The number of nitrogens with zero attached hydrogens (tertiary/aromatic N) is 2. The zero-order chi connectivity index (χ0) is 21.1. The van der Waals surface area contributed by atoms with Crippen LogP contribution in [-0.4, -0.2) is 9.55 Å². The topological polar surface area (TPSA) is 46.9 Å². The van der Waals surface area contributed by atoms with E-state index in [0.717, 1.165) is 24.8 Å². The largest absolute Gasteiger partial charge is 0.325 e. The zero-order valence-corrected chi connectivity index (χ0v) is 15.9. The second-order valence-electron chi connectivity index (χ2n) is 6.73. The monoisotopic (exact) mass is 405 g/mol. The van der Waals surface area contributed by atoms with Gasteiger partial charge in [0.1, 0.15) is 5.82 Å². The van der Waals surface area contributed by atoms with Gasteiger partial charge in [-0.1, -0.05) is 19.4 Å². The van der Waals surface area contributed by atoms with E-state index >= 15 is 0 Å². The smallest absolute Gasteiger partial charge is 0.310 e. The third kappa shape index (κ3) is 4.64. The normalized spacial score (nSPS) is 11.0. The highest BCUT2D eigenvalue weighted by Crippen LogP contribution is 2.24. The van der Waals surface area contributed by atoms with Crippen LogP contribution in [0.4, 0.5) is 29.2 Å². The summed E-state index contributed by atoms with van der Waals surface area (Å²) in [7, 11) is 0. The molecule has 152 valence electrons. The van der Waals surface area contributed by atoms with Crippen LogP contribution in [0.3, 0.4) is 0 Å². The van der Waals surface area contributed by atoms with Crippen molar-refractivity contribution in [3.63, 3.8) is 0 Å². The zero-order valence-electron chi connectivity index (χ0n) is 15.9. The molecule has 0 fully saturated rings. The standard InChI is InChI=1S/C21H19F4N3O/c1-3-4-14-9-19(12(2)7-16(14)23)26-21-27-20(29)18(25)11-28(21)10-13-5-6-15(22)17(24)8-13/h5-9,11H,3-4,10H2,1-2H3,(H,26,27,29). The lowest BCUT2D eigenvalue weighted by atomic mass is 10.1. The third-order valence-electron chi connectivity index (χ3n) is 4.45. The molecule has 3 aromatic rings. The molecular weight excluding hydrogens is 386 g/mol. The summed E-state index contributed by atoms with van der Waals surface area (Å²) < 4.78 is 55.9. The molecule has 29 heavy (non-hydrogen) atoms. The van der Waals surface area contributed by atoms with Gasteiger partial charge in [0.25, 0.3) is 0 Å². The Balaban J connectivity index is 2.01. The van der Waals surface area contributed by atoms with Crippen LogP contribution in [-0.2, 0) is 13.0 Å². The van der Waals surface area contributed by atoms with Crippen LogP contribution in [0.2, 0.25) is 0 Å². The summed E-state index contributed by atoms with van der Waals surface area (Å²) >= 11 is 0. The van der Waals surface area contributed by atoms with E-state index in [4.69, 9.17) is 0 Å². The summed E-state index contributed by atoms with van der Waals surface area (Å²) in [5.41, 5.74) is 0.854. The number of hydrogen-bond donors (Lipinski definition) is 1. The van der Waals surface area contributed by atoms with E-state index in [2.05, 4.69) is 10.3 Å². The molecule has 1 heterocycles. The van der Waals surface area contributed by atoms with Crippen LogP contribution in [0.5, 0.6) is 0 Å². The van der Waals surface area contributed by atoms with Gasteiger partial charge in [-0.05, 0) is 54.3 Å². The van der Waals surface area contributed by atoms with Gasteiger partial charge in [-0.3, -0.25) is 4.79 Å². The Hall–Kier alpha value is -3.16. The molecule has 1 N–H and O–H groups in total. The van der Waals surface area contributed by atoms with Crippen LogP contribution in [0.15, 0.2) is 41.3 Å². The maximum Gasteiger partial charge on any atom is 0.310 e. The highest BCUT2D eigenvalue weighted by molar-refractivity contribution is 5.60. The molecule has 2 aromatic carbocycles. The van der Waals surface area contributed by atoms with Crippen LogP contribution in [0.1, 0.15) is 30.0 Å². The fraction of sp³-hybridized carbons (Fsp3) is 0.238. The molecule has 0 atom stereocenters. The van der Waals surface area contributed by atoms with Gasteiger partial charge in [0.2, 0.25) is 11.8 Å². The van der Waals surface area contributed by atoms with E-state index < -0.39 is 23.0 Å². The van der Waals surface area contributed by atoms with Crippen molar-refractivity contribution in [1.82, 2.24) is 9.55 Å². The summed E-state index contributed by atoms with van der Waals surface area (Å²) in [6, 6.07) is 6.28. The van der Waals surface area contributed by atoms with E-state index in [-0.39, 0.29) is 18.3 Å². The lowest BCUT2D eigenvalue weighted by Gasteiger charge is -2.16. The first-order valence-corrected chi connectivity index (χ1v) is 9.05. The molecule has 0 aliphatic heterocycles. The lowest BCUT2D eigenvalue weighted by Crippen LogP contribution is -2.20. The van der Waals surface area contributed by atoms with Crippen molar-refractivity contribution in [3.8, 4) is 0 Å². The number of benzene rings is 2. The lowest BCUT2D eigenvalue weighted by molar-refractivity contribution is 0.506. The van der Waals surface area contributed by atoms with Crippen molar-refractivity contribution in [1.29, 1.82) is 0 Å². The minimum atomic E-state index is -1.08. The summed E-state index contributed by atoms with van der Waals surface area (Å²) in [6.45, 7) is 3.54. The predicted molar refractivity (Wildman–Crippen MR) is 102 cm³/mol. The van der Waals surface area contributed by atoms with Gasteiger partial charge in [-0.25, -0.2) is 13.2 Å². The Morgan fingerprint density at radius 2 is 1.76 bits per heavy atom. The maximum absolute atomic E-state index is 14.1. The number of nitrogens with one attached hydrogen (secondary N) is 1. The average molecular weight is 405 g/mol. The summed E-state index contributed by atoms with van der Waals surface area (Å²) in [5, 5.41) is 2.93. The summed E-state index contributed by atoms with van der Waals surface area (Å²) in [4.78, 5) is 15.4. The third-order valence-corrected chi connectivity index (χ3v) is 4.45. The second kappa shape index (κ2) is 8.46. The molecule has 0 bridgehead atoms. The quantitative estimate of drug-likeness (QED) is 0.597. The Kier molecular flexibility index (Phi) is 6.00. The number of aryl methyl sites for hydroxylation is 2. The first kappa shape index (κ1) is 20.6.